The van der Waals surface area contributed by atoms with Crippen LogP contribution in [-0.4, -0.2) is 34.0 Å². The van der Waals surface area contributed by atoms with Gasteiger partial charge < -0.3 is 13.6 Å². The Bertz CT molecular complexity index is 1270. The van der Waals surface area contributed by atoms with Crippen LogP contribution >= 0.6 is 11.8 Å². The van der Waals surface area contributed by atoms with E-state index >= 15 is 0 Å². The van der Waals surface area contributed by atoms with Crippen LogP contribution in [0.1, 0.15) is 22.1 Å². The molecule has 0 saturated carbocycles. The fourth-order valence-corrected chi connectivity index (χ4v) is 3.77. The maximum absolute atomic E-state index is 12.7. The second-order valence-corrected chi connectivity index (χ2v) is 7.53. The summed E-state index contributed by atoms with van der Waals surface area (Å²) in [5, 5.41) is 10.5. The number of rotatable bonds is 6. The van der Waals surface area contributed by atoms with Crippen molar-refractivity contribution in [3.05, 3.63) is 80.8 Å². The van der Waals surface area contributed by atoms with E-state index in [-0.39, 0.29) is 28.7 Å². The molecule has 1 aromatic carbocycles. The molecule has 3 aromatic rings. The summed E-state index contributed by atoms with van der Waals surface area (Å²) < 4.78 is 15.6. The Morgan fingerprint density at radius 2 is 2.00 bits per heavy atom. The van der Waals surface area contributed by atoms with Crippen LogP contribution in [0.5, 0.6) is 0 Å². The summed E-state index contributed by atoms with van der Waals surface area (Å²) in [6, 6.07) is 12.0. The minimum absolute atomic E-state index is 0.0331. The first-order chi connectivity index (χ1) is 15.4. The number of carbonyl (C=O) groups excluding carboxylic acids is 3. The second-order valence-electron chi connectivity index (χ2n) is 6.53. The molecule has 0 bridgehead atoms. The first-order valence-electron chi connectivity index (χ1n) is 9.13. The number of furan rings is 2. The number of benzene rings is 1. The predicted molar refractivity (Wildman–Crippen MR) is 112 cm³/mol. The molecule has 0 atom stereocenters. The number of imide groups is 1. The number of hydrogen-bond acceptors (Lipinski definition) is 9. The van der Waals surface area contributed by atoms with Crippen LogP contribution in [-0.2, 0) is 16.1 Å². The third-order valence-electron chi connectivity index (χ3n) is 4.48. The Kier molecular flexibility index (Phi) is 5.65. The highest BCUT2D eigenvalue weighted by molar-refractivity contribution is 8.18. The number of methoxy groups -OCH3 is 1. The van der Waals surface area contributed by atoms with Crippen molar-refractivity contribution >= 4 is 40.6 Å². The van der Waals surface area contributed by atoms with E-state index in [1.165, 1.54) is 37.5 Å². The summed E-state index contributed by atoms with van der Waals surface area (Å²) in [6.45, 7) is -0.143. The molecule has 0 N–H and O–H groups in total. The van der Waals surface area contributed by atoms with Crippen molar-refractivity contribution in [2.24, 2.45) is 0 Å². The quantitative estimate of drug-likeness (QED) is 0.229. The van der Waals surface area contributed by atoms with Crippen molar-refractivity contribution in [3.63, 3.8) is 0 Å². The molecule has 32 heavy (non-hydrogen) atoms. The summed E-state index contributed by atoms with van der Waals surface area (Å²) in [5.74, 6) is -0.297. The Morgan fingerprint density at radius 1 is 1.19 bits per heavy atom. The first-order valence-corrected chi connectivity index (χ1v) is 9.94. The fraction of sp³-hybridized carbons (Fsp3) is 0.0952. The molecule has 0 aliphatic carbocycles. The van der Waals surface area contributed by atoms with Crippen LogP contribution in [0.2, 0.25) is 0 Å². The zero-order valence-electron chi connectivity index (χ0n) is 16.5. The predicted octanol–water partition coefficient (Wildman–Crippen LogP) is 4.47. The molecule has 0 unspecified atom stereocenters. The molecular weight excluding hydrogens is 440 g/mol. The van der Waals surface area contributed by atoms with E-state index in [4.69, 9.17) is 8.83 Å². The van der Waals surface area contributed by atoms with Gasteiger partial charge in [0.15, 0.2) is 0 Å². The van der Waals surface area contributed by atoms with E-state index in [0.29, 0.717) is 17.1 Å². The lowest BCUT2D eigenvalue weighted by atomic mass is 10.1. The van der Waals surface area contributed by atoms with E-state index < -0.39 is 22.0 Å². The van der Waals surface area contributed by atoms with E-state index in [9.17, 15) is 24.5 Å². The molecule has 2 aromatic heterocycles. The van der Waals surface area contributed by atoms with Gasteiger partial charge in [0.2, 0.25) is 5.76 Å². The number of amides is 2. The van der Waals surface area contributed by atoms with Gasteiger partial charge >= 0.3 is 5.97 Å². The third-order valence-corrected chi connectivity index (χ3v) is 5.38. The second kappa shape index (κ2) is 8.55. The minimum Gasteiger partial charge on any atom is -0.463 e. The Hall–Kier alpha value is -4.12. The maximum Gasteiger partial charge on any atom is 0.373 e. The standard InChI is InChI=1S/C21H14N2O8S/c1-29-20(25)17-8-6-15(31-17)11-22-19(24)18(32-21(22)26)10-14-5-7-16(30-14)12-3-2-4-13(9-12)23(27)28/h2-10H,11H2,1H3. The summed E-state index contributed by atoms with van der Waals surface area (Å²) in [7, 11) is 1.21. The smallest absolute Gasteiger partial charge is 0.373 e. The van der Waals surface area contributed by atoms with Crippen molar-refractivity contribution in [2.45, 2.75) is 6.54 Å². The SMILES string of the molecule is COC(=O)c1ccc(CN2C(=O)SC(=Cc3ccc(-c4cccc([N+](=O)[O-])c4)o3)C2=O)o1. The molecule has 11 heteroatoms. The van der Waals surface area contributed by atoms with E-state index in [2.05, 4.69) is 4.74 Å². The average molecular weight is 454 g/mol. The molecule has 10 nitrogen and oxygen atoms in total. The Labute approximate surface area is 184 Å². The van der Waals surface area contributed by atoms with Gasteiger partial charge in [0.1, 0.15) is 17.3 Å². The molecule has 0 spiro atoms. The lowest BCUT2D eigenvalue weighted by molar-refractivity contribution is -0.384. The highest BCUT2D eigenvalue weighted by atomic mass is 32.2. The number of nitro groups is 1. The summed E-state index contributed by atoms with van der Waals surface area (Å²) >= 11 is 0.741. The molecule has 0 radical (unpaired) electrons. The molecule has 2 amide bonds. The van der Waals surface area contributed by atoms with Crippen molar-refractivity contribution < 1.29 is 32.9 Å². The lowest BCUT2D eigenvalue weighted by Gasteiger charge is -2.09. The average Bonchev–Trinajstić information content (AvgIpc) is 3.50. The van der Waals surface area contributed by atoms with Crippen molar-refractivity contribution in [2.75, 3.05) is 7.11 Å². The number of esters is 1. The van der Waals surface area contributed by atoms with Gasteiger partial charge in [-0.3, -0.25) is 24.6 Å². The number of nitrogens with zero attached hydrogens (tertiary/aromatic N) is 2. The fourth-order valence-electron chi connectivity index (χ4n) is 2.95. The van der Waals surface area contributed by atoms with Gasteiger partial charge in [-0.2, -0.15) is 0 Å². The zero-order chi connectivity index (χ0) is 22.8. The molecule has 1 aliphatic heterocycles. The molecule has 3 heterocycles. The van der Waals surface area contributed by atoms with Crippen molar-refractivity contribution in [1.29, 1.82) is 0 Å². The van der Waals surface area contributed by atoms with Crippen LogP contribution in [0.4, 0.5) is 10.5 Å². The van der Waals surface area contributed by atoms with Gasteiger partial charge in [0.25, 0.3) is 16.8 Å². The number of thioether (sulfide) groups is 1. The minimum atomic E-state index is -0.664. The third kappa shape index (κ3) is 4.18. The summed E-state index contributed by atoms with van der Waals surface area (Å²) in [5.41, 5.74) is 0.432. The maximum atomic E-state index is 12.7. The van der Waals surface area contributed by atoms with E-state index in [1.54, 1.807) is 24.3 Å². The number of hydrogen-bond donors (Lipinski definition) is 0. The summed E-state index contributed by atoms with van der Waals surface area (Å²) in [4.78, 5) is 48.1. The van der Waals surface area contributed by atoms with Gasteiger partial charge in [-0.05, 0) is 36.0 Å². The van der Waals surface area contributed by atoms with Crippen LogP contribution in [0.15, 0.2) is 62.3 Å². The van der Waals surface area contributed by atoms with Gasteiger partial charge in [-0.15, -0.1) is 0 Å². The lowest BCUT2D eigenvalue weighted by Crippen LogP contribution is -2.27. The number of nitro benzene ring substituents is 1. The van der Waals surface area contributed by atoms with Crippen molar-refractivity contribution in [1.82, 2.24) is 4.90 Å². The van der Waals surface area contributed by atoms with E-state index in [1.807, 2.05) is 0 Å². The zero-order valence-corrected chi connectivity index (χ0v) is 17.3. The van der Waals surface area contributed by atoms with E-state index in [0.717, 1.165) is 16.7 Å². The molecule has 1 fully saturated rings. The summed E-state index contributed by atoms with van der Waals surface area (Å²) in [6.07, 6.45) is 1.42. The van der Waals surface area contributed by atoms with Crippen LogP contribution in [0, 0.1) is 10.1 Å². The van der Waals surface area contributed by atoms with Crippen LogP contribution < -0.4 is 0 Å². The Balaban J connectivity index is 1.51. The van der Waals surface area contributed by atoms with Gasteiger partial charge in [0, 0.05) is 23.8 Å². The molecule has 1 saturated heterocycles. The molecule has 162 valence electrons. The monoisotopic (exact) mass is 454 g/mol. The number of ether oxygens (including phenoxy) is 1. The van der Waals surface area contributed by atoms with Gasteiger partial charge in [-0.25, -0.2) is 4.79 Å². The number of carbonyl (C=O) groups is 3. The first kappa shape index (κ1) is 21.1. The highest BCUT2D eigenvalue weighted by Gasteiger charge is 2.36. The largest absolute Gasteiger partial charge is 0.463 e. The normalized spacial score (nSPS) is 14.9. The highest BCUT2D eigenvalue weighted by Crippen LogP contribution is 2.34. The molecule has 4 rings (SSSR count). The topological polar surface area (TPSA) is 133 Å². The van der Waals surface area contributed by atoms with Crippen LogP contribution in [0.3, 0.4) is 0 Å². The van der Waals surface area contributed by atoms with Gasteiger partial charge in [-0.1, -0.05) is 12.1 Å². The number of non-ortho nitro benzene ring substituents is 1. The van der Waals surface area contributed by atoms with Gasteiger partial charge in [0.05, 0.1) is 23.5 Å². The molecular formula is C21H14N2O8S. The van der Waals surface area contributed by atoms with Crippen molar-refractivity contribution in [3.8, 4) is 11.3 Å². The molecule has 1 aliphatic rings. The Morgan fingerprint density at radius 3 is 2.75 bits per heavy atom. The van der Waals surface area contributed by atoms with Crippen LogP contribution in [0.25, 0.3) is 17.4 Å².